The summed E-state index contributed by atoms with van der Waals surface area (Å²) in [7, 11) is 0. The third-order valence-electron chi connectivity index (χ3n) is 4.89. The number of hydrazine groups is 1. The molecule has 0 bridgehead atoms. The van der Waals surface area contributed by atoms with E-state index in [1.807, 2.05) is 0 Å². The number of piperidine rings is 1. The fourth-order valence-electron chi connectivity index (χ4n) is 3.73. The molecular formula is C18H24N4. The summed E-state index contributed by atoms with van der Waals surface area (Å²) in [5, 5.41) is 9.80. The maximum atomic E-state index is 4.96. The Hall–Kier alpha value is -1.49. The van der Waals surface area contributed by atoms with E-state index in [0.717, 1.165) is 31.7 Å². The van der Waals surface area contributed by atoms with E-state index in [2.05, 4.69) is 51.7 Å². The minimum absolute atomic E-state index is 0.441. The number of hydrogen-bond acceptors (Lipinski definition) is 4. The first-order chi connectivity index (χ1) is 10.9. The number of hydrogen-bond donors (Lipinski definition) is 1. The van der Waals surface area contributed by atoms with Gasteiger partial charge in [-0.05, 0) is 25.0 Å². The lowest BCUT2D eigenvalue weighted by Gasteiger charge is -2.44. The molecule has 2 fully saturated rings. The van der Waals surface area contributed by atoms with Gasteiger partial charge >= 0.3 is 0 Å². The van der Waals surface area contributed by atoms with Crippen LogP contribution >= 0.6 is 0 Å². The maximum Gasteiger partial charge on any atom is 0.0706 e. The van der Waals surface area contributed by atoms with Crippen LogP contribution in [0.15, 0.2) is 36.4 Å². The maximum absolute atomic E-state index is 4.96. The van der Waals surface area contributed by atoms with Crippen molar-refractivity contribution < 1.29 is 0 Å². The van der Waals surface area contributed by atoms with Crippen LogP contribution in [-0.2, 0) is 0 Å². The van der Waals surface area contributed by atoms with Crippen molar-refractivity contribution in [2.45, 2.75) is 25.3 Å². The molecule has 3 heterocycles. The highest BCUT2D eigenvalue weighted by Gasteiger charge is 2.30. The molecule has 4 heteroatoms. The Bertz CT molecular complexity index is 636. The molecule has 0 spiro atoms. The number of para-hydroxylation sites is 1. The summed E-state index contributed by atoms with van der Waals surface area (Å²) < 4.78 is 0. The van der Waals surface area contributed by atoms with Gasteiger partial charge in [0.2, 0.25) is 0 Å². The highest BCUT2D eigenvalue weighted by molar-refractivity contribution is 5.78. The number of aromatic nitrogens is 1. The van der Waals surface area contributed by atoms with Crippen molar-refractivity contribution in [2.24, 2.45) is 0 Å². The van der Waals surface area contributed by atoms with Crippen molar-refractivity contribution in [1.82, 2.24) is 20.3 Å². The Morgan fingerprint density at radius 3 is 2.73 bits per heavy atom. The Morgan fingerprint density at radius 2 is 1.82 bits per heavy atom. The quantitative estimate of drug-likeness (QED) is 0.923. The molecule has 2 saturated heterocycles. The Labute approximate surface area is 132 Å². The van der Waals surface area contributed by atoms with Crippen LogP contribution in [0.1, 0.15) is 31.0 Å². The van der Waals surface area contributed by atoms with Gasteiger partial charge in [0, 0.05) is 38.1 Å². The number of nitrogens with one attached hydrogen (secondary N) is 1. The van der Waals surface area contributed by atoms with Gasteiger partial charge in [-0.15, -0.1) is 0 Å². The molecule has 116 valence electrons. The van der Waals surface area contributed by atoms with Crippen LogP contribution in [0.3, 0.4) is 0 Å². The molecule has 1 atom stereocenters. The summed E-state index contributed by atoms with van der Waals surface area (Å²) in [6, 6.07) is 13.3. The summed E-state index contributed by atoms with van der Waals surface area (Å²) >= 11 is 0. The van der Waals surface area contributed by atoms with Crippen molar-refractivity contribution in [3.05, 3.63) is 42.1 Å². The highest BCUT2D eigenvalue weighted by atomic mass is 15.6. The second kappa shape index (κ2) is 6.32. The van der Waals surface area contributed by atoms with Gasteiger partial charge in [-0.1, -0.05) is 30.7 Å². The number of piperazine rings is 1. The molecule has 22 heavy (non-hydrogen) atoms. The molecule has 1 N–H and O–H groups in total. The zero-order valence-electron chi connectivity index (χ0n) is 13.0. The molecule has 0 aliphatic carbocycles. The molecule has 1 aromatic carbocycles. The van der Waals surface area contributed by atoms with E-state index < -0.39 is 0 Å². The second-order valence-corrected chi connectivity index (χ2v) is 6.31. The van der Waals surface area contributed by atoms with Crippen molar-refractivity contribution in [2.75, 3.05) is 32.7 Å². The van der Waals surface area contributed by atoms with E-state index in [1.54, 1.807) is 0 Å². The Morgan fingerprint density at radius 1 is 0.955 bits per heavy atom. The van der Waals surface area contributed by atoms with Crippen molar-refractivity contribution in [1.29, 1.82) is 0 Å². The molecular weight excluding hydrogens is 272 g/mol. The molecule has 0 amide bonds. The first-order valence-corrected chi connectivity index (χ1v) is 8.50. The van der Waals surface area contributed by atoms with Crippen molar-refractivity contribution in [3.8, 4) is 0 Å². The molecule has 2 aliphatic rings. The smallest absolute Gasteiger partial charge is 0.0706 e. The molecule has 4 nitrogen and oxygen atoms in total. The van der Waals surface area contributed by atoms with E-state index in [9.17, 15) is 0 Å². The van der Waals surface area contributed by atoms with Crippen molar-refractivity contribution >= 4 is 10.9 Å². The predicted molar refractivity (Wildman–Crippen MR) is 89.5 cm³/mol. The highest BCUT2D eigenvalue weighted by Crippen LogP contribution is 2.32. The minimum atomic E-state index is 0.441. The first-order valence-electron chi connectivity index (χ1n) is 8.50. The average Bonchev–Trinajstić information content (AvgIpc) is 2.62. The van der Waals surface area contributed by atoms with Gasteiger partial charge in [-0.2, -0.15) is 0 Å². The lowest BCUT2D eigenvalue weighted by atomic mass is 9.99. The number of rotatable bonds is 2. The summed E-state index contributed by atoms with van der Waals surface area (Å²) in [5.74, 6) is 0. The van der Waals surface area contributed by atoms with E-state index >= 15 is 0 Å². The van der Waals surface area contributed by atoms with Crippen LogP contribution in [0, 0.1) is 0 Å². The Balaban J connectivity index is 1.64. The van der Waals surface area contributed by atoms with Crippen LogP contribution in [0.2, 0.25) is 0 Å². The second-order valence-electron chi connectivity index (χ2n) is 6.31. The van der Waals surface area contributed by atoms with Gasteiger partial charge in [0.05, 0.1) is 17.3 Å². The van der Waals surface area contributed by atoms with Gasteiger partial charge in [0.15, 0.2) is 0 Å². The molecule has 4 rings (SSSR count). The third-order valence-corrected chi connectivity index (χ3v) is 4.89. The number of fused-ring (bicyclic) bond motifs is 1. The average molecular weight is 296 g/mol. The van der Waals surface area contributed by atoms with Crippen LogP contribution in [0.25, 0.3) is 10.9 Å². The normalized spacial score (nSPS) is 24.6. The fourth-order valence-corrected chi connectivity index (χ4v) is 3.73. The topological polar surface area (TPSA) is 31.4 Å². The lowest BCUT2D eigenvalue weighted by Crippen LogP contribution is -2.54. The van der Waals surface area contributed by atoms with Crippen LogP contribution in [0.4, 0.5) is 0 Å². The number of pyridine rings is 1. The molecule has 2 aromatic rings. The lowest BCUT2D eigenvalue weighted by molar-refractivity contribution is -0.0871. The van der Waals surface area contributed by atoms with E-state index in [1.165, 1.54) is 36.9 Å². The van der Waals surface area contributed by atoms with E-state index in [0.29, 0.717) is 6.04 Å². The minimum Gasteiger partial charge on any atom is -0.314 e. The molecule has 0 radical (unpaired) electrons. The number of nitrogens with zero attached hydrogens (tertiary/aromatic N) is 3. The molecule has 0 saturated carbocycles. The van der Waals surface area contributed by atoms with Crippen LogP contribution < -0.4 is 5.32 Å². The van der Waals surface area contributed by atoms with Gasteiger partial charge in [-0.3, -0.25) is 4.98 Å². The molecule has 1 aromatic heterocycles. The number of benzene rings is 1. The van der Waals surface area contributed by atoms with Gasteiger partial charge in [0.25, 0.3) is 0 Å². The van der Waals surface area contributed by atoms with Gasteiger partial charge in [0.1, 0.15) is 0 Å². The SMILES string of the molecule is c1ccc2nc(C3CCCCN3N3CCNCC3)ccc2c1. The van der Waals surface area contributed by atoms with Gasteiger partial charge in [-0.25, -0.2) is 10.0 Å². The first kappa shape index (κ1) is 14.1. The van der Waals surface area contributed by atoms with Crippen molar-refractivity contribution in [3.63, 3.8) is 0 Å². The largest absolute Gasteiger partial charge is 0.314 e. The third kappa shape index (κ3) is 2.74. The molecule has 2 aliphatic heterocycles. The monoisotopic (exact) mass is 296 g/mol. The summed E-state index contributed by atoms with van der Waals surface area (Å²) in [6.45, 7) is 5.58. The van der Waals surface area contributed by atoms with E-state index in [4.69, 9.17) is 4.98 Å². The zero-order valence-corrected chi connectivity index (χ0v) is 13.0. The van der Waals surface area contributed by atoms with Crippen LogP contribution in [0.5, 0.6) is 0 Å². The zero-order chi connectivity index (χ0) is 14.8. The summed E-state index contributed by atoms with van der Waals surface area (Å²) in [5.41, 5.74) is 2.35. The molecule has 1 unspecified atom stereocenters. The van der Waals surface area contributed by atoms with Gasteiger partial charge < -0.3 is 5.32 Å². The summed E-state index contributed by atoms with van der Waals surface area (Å²) in [4.78, 5) is 4.96. The predicted octanol–water partition coefficient (Wildman–Crippen LogP) is 2.58. The van der Waals surface area contributed by atoms with Crippen LogP contribution in [-0.4, -0.2) is 47.7 Å². The fraction of sp³-hybridized carbons (Fsp3) is 0.500. The summed E-state index contributed by atoms with van der Waals surface area (Å²) in [6.07, 6.45) is 3.82. The standard InChI is InChI=1S/C18H24N4/c1-2-6-16-15(5-1)8-9-17(20-16)18-7-3-4-12-22(18)21-13-10-19-11-14-21/h1-2,5-6,8-9,18-19H,3-4,7,10-14H2. The van der Waals surface area contributed by atoms with E-state index in [-0.39, 0.29) is 0 Å². The Kier molecular flexibility index (Phi) is 4.06.